The van der Waals surface area contributed by atoms with Crippen molar-refractivity contribution in [3.05, 3.63) is 48.0 Å². The van der Waals surface area contributed by atoms with Crippen LogP contribution in [0.1, 0.15) is 50.4 Å². The van der Waals surface area contributed by atoms with Crippen molar-refractivity contribution in [3.63, 3.8) is 0 Å². The van der Waals surface area contributed by atoms with E-state index in [1.807, 2.05) is 42.5 Å². The number of rotatable bonds is 12. The van der Waals surface area contributed by atoms with Crippen LogP contribution in [0.3, 0.4) is 0 Å². The molecule has 0 atom stereocenters. The van der Waals surface area contributed by atoms with Crippen LogP contribution >= 0.6 is 8.58 Å². The second-order valence-corrected chi connectivity index (χ2v) is 7.17. The normalized spacial score (nSPS) is 10.5. The molecule has 28 heavy (non-hydrogen) atoms. The molecule has 0 fully saturated rings. The van der Waals surface area contributed by atoms with Crippen LogP contribution in [0.5, 0.6) is 17.2 Å². The number of carbonyl (C=O) groups excluding carboxylic acids is 1. The molecule has 0 aliphatic rings. The van der Waals surface area contributed by atoms with E-state index in [1.165, 1.54) is 0 Å². The summed E-state index contributed by atoms with van der Waals surface area (Å²) in [6, 6.07) is 13.0. The SMILES string of the molecule is CCCOc1cc(OCCC)c([P-]C(=O)c2ccccc2)c(OCCC)c1.[Li+]. The van der Waals surface area contributed by atoms with Gasteiger partial charge in [-0.05, 0) is 24.8 Å². The van der Waals surface area contributed by atoms with Crippen molar-refractivity contribution in [2.24, 2.45) is 0 Å². The Morgan fingerprint density at radius 2 is 1.32 bits per heavy atom. The Morgan fingerprint density at radius 1 is 0.821 bits per heavy atom. The maximum Gasteiger partial charge on any atom is 1.00 e. The number of benzene rings is 2. The smallest absolute Gasteiger partial charge is 0.496 e. The predicted molar refractivity (Wildman–Crippen MR) is 111 cm³/mol. The first-order valence-electron chi connectivity index (χ1n) is 9.57. The molecule has 0 heterocycles. The fraction of sp³-hybridized carbons (Fsp3) is 0.409. The Balaban J connectivity index is 0.00000392. The number of hydrogen-bond donors (Lipinski definition) is 0. The Morgan fingerprint density at radius 3 is 1.82 bits per heavy atom. The van der Waals surface area contributed by atoms with E-state index >= 15 is 0 Å². The fourth-order valence-electron chi connectivity index (χ4n) is 2.36. The van der Waals surface area contributed by atoms with Crippen LogP contribution in [-0.2, 0) is 0 Å². The van der Waals surface area contributed by atoms with E-state index in [0.29, 0.717) is 51.2 Å². The van der Waals surface area contributed by atoms with E-state index in [4.69, 9.17) is 14.2 Å². The van der Waals surface area contributed by atoms with Crippen LogP contribution in [0.4, 0.5) is 0 Å². The van der Waals surface area contributed by atoms with Crippen molar-refractivity contribution in [1.82, 2.24) is 0 Å². The average Bonchev–Trinajstić information content (AvgIpc) is 2.71. The van der Waals surface area contributed by atoms with E-state index in [1.54, 1.807) is 0 Å². The quantitative estimate of drug-likeness (QED) is 0.410. The predicted octanol–water partition coefficient (Wildman–Crippen LogP) is 2.47. The van der Waals surface area contributed by atoms with Crippen molar-refractivity contribution < 1.29 is 37.9 Å². The Hall–Kier alpha value is -1.46. The van der Waals surface area contributed by atoms with Crippen molar-refractivity contribution >= 4 is 19.4 Å². The molecule has 0 aliphatic carbocycles. The third-order valence-electron chi connectivity index (χ3n) is 3.64. The molecule has 6 heteroatoms. The fourth-order valence-corrected chi connectivity index (χ4v) is 3.32. The average molecular weight is 394 g/mol. The van der Waals surface area contributed by atoms with Gasteiger partial charge >= 0.3 is 18.9 Å². The van der Waals surface area contributed by atoms with Gasteiger partial charge in [0.15, 0.2) is 0 Å². The maximum absolute atomic E-state index is 12.8. The molecular weight excluding hydrogens is 366 g/mol. The van der Waals surface area contributed by atoms with Gasteiger partial charge in [-0.25, -0.2) is 0 Å². The summed E-state index contributed by atoms with van der Waals surface area (Å²) in [5, 5.41) is 0.759. The van der Waals surface area contributed by atoms with Crippen molar-refractivity contribution in [1.29, 1.82) is 0 Å². The molecule has 0 spiro atoms. The van der Waals surface area contributed by atoms with E-state index in [2.05, 4.69) is 20.8 Å². The van der Waals surface area contributed by atoms with Gasteiger partial charge in [0.25, 0.3) is 0 Å². The zero-order valence-corrected chi connectivity index (χ0v) is 18.3. The molecule has 2 aromatic rings. The van der Waals surface area contributed by atoms with Gasteiger partial charge in [0, 0.05) is 17.7 Å². The van der Waals surface area contributed by atoms with Crippen LogP contribution in [-0.4, -0.2) is 25.3 Å². The summed E-state index contributed by atoms with van der Waals surface area (Å²) in [6.45, 7) is 7.95. The molecule has 0 saturated heterocycles. The molecule has 146 valence electrons. The summed E-state index contributed by atoms with van der Waals surface area (Å²) in [5.41, 5.74) is 0.689. The summed E-state index contributed by atoms with van der Waals surface area (Å²) < 4.78 is 17.7. The first-order chi connectivity index (χ1) is 13.2. The topological polar surface area (TPSA) is 44.8 Å². The molecule has 0 N–H and O–H groups in total. The summed E-state index contributed by atoms with van der Waals surface area (Å²) >= 11 is 0. The van der Waals surface area contributed by atoms with E-state index in [9.17, 15) is 4.79 Å². The molecular formula is C22H28LiO4P. The third kappa shape index (κ3) is 7.51. The van der Waals surface area contributed by atoms with Gasteiger partial charge in [-0.3, -0.25) is 0 Å². The van der Waals surface area contributed by atoms with Gasteiger partial charge in [-0.1, -0.05) is 51.1 Å². The third-order valence-corrected chi connectivity index (χ3v) is 4.77. The van der Waals surface area contributed by atoms with Crippen molar-refractivity contribution in [2.45, 2.75) is 40.0 Å². The van der Waals surface area contributed by atoms with Crippen LogP contribution in [0.25, 0.3) is 0 Å². The van der Waals surface area contributed by atoms with E-state index in [0.717, 1.165) is 24.6 Å². The standard InChI is InChI=1S/C22H28O4P.Li/c1-4-12-24-18-15-19(25-13-5-2)21(20(16-18)26-14-6-3)27-22(23)17-10-8-7-9-11-17;/h7-11,15-16H,4-6,12-14H2,1-3H3;/q-1;+1. The second-order valence-electron chi connectivity index (χ2n) is 6.10. The molecule has 2 aromatic carbocycles. The van der Waals surface area contributed by atoms with Crippen LogP contribution in [0, 0.1) is 0 Å². The summed E-state index contributed by atoms with van der Waals surface area (Å²) in [6.07, 6.45) is 2.69. The Kier molecular flexibility index (Phi) is 12.0. The molecule has 2 rings (SSSR count). The molecule has 4 nitrogen and oxygen atoms in total. The zero-order chi connectivity index (χ0) is 19.5. The molecule has 0 bridgehead atoms. The molecule has 0 aliphatic heterocycles. The molecule has 0 saturated carbocycles. The number of hydrogen-bond acceptors (Lipinski definition) is 4. The molecule has 0 unspecified atom stereocenters. The minimum Gasteiger partial charge on any atom is -0.496 e. The van der Waals surface area contributed by atoms with E-state index in [-0.39, 0.29) is 24.4 Å². The van der Waals surface area contributed by atoms with Crippen molar-refractivity contribution in [2.75, 3.05) is 19.8 Å². The van der Waals surface area contributed by atoms with Crippen LogP contribution in [0.2, 0.25) is 0 Å². The molecule has 0 radical (unpaired) electrons. The molecule has 0 aromatic heterocycles. The Bertz CT molecular complexity index is 693. The van der Waals surface area contributed by atoms with E-state index < -0.39 is 0 Å². The zero-order valence-electron chi connectivity index (χ0n) is 17.4. The largest absolute Gasteiger partial charge is 1.00 e. The van der Waals surface area contributed by atoms with Crippen LogP contribution < -0.4 is 38.4 Å². The summed E-state index contributed by atoms with van der Waals surface area (Å²) in [7, 11) is 0.535. The number of carbonyl (C=O) groups is 1. The van der Waals surface area contributed by atoms with Gasteiger partial charge in [0.05, 0.1) is 31.3 Å². The van der Waals surface area contributed by atoms with Crippen molar-refractivity contribution in [3.8, 4) is 17.2 Å². The first-order valence-corrected chi connectivity index (χ1v) is 10.5. The minimum atomic E-state index is 0. The monoisotopic (exact) mass is 394 g/mol. The molecule has 0 amide bonds. The van der Waals surface area contributed by atoms with Gasteiger partial charge in [0.1, 0.15) is 5.75 Å². The summed E-state index contributed by atoms with van der Waals surface area (Å²) in [4.78, 5) is 12.8. The number of ether oxygens (including phenoxy) is 3. The van der Waals surface area contributed by atoms with Gasteiger partial charge in [-0.2, -0.15) is 0 Å². The second kappa shape index (κ2) is 13.7. The minimum absolute atomic E-state index is 0. The summed E-state index contributed by atoms with van der Waals surface area (Å²) in [5.74, 6) is 2.02. The maximum atomic E-state index is 12.8. The van der Waals surface area contributed by atoms with Gasteiger partial charge < -0.3 is 27.6 Å². The van der Waals surface area contributed by atoms with Gasteiger partial charge in [0.2, 0.25) is 0 Å². The first kappa shape index (κ1) is 24.6. The Labute approximate surface area is 182 Å². The van der Waals surface area contributed by atoms with Crippen LogP contribution in [0.15, 0.2) is 42.5 Å². The van der Waals surface area contributed by atoms with Gasteiger partial charge in [-0.15, -0.1) is 5.30 Å².